The number of rotatable bonds is 6. The van der Waals surface area contributed by atoms with E-state index < -0.39 is 10.0 Å². The van der Waals surface area contributed by atoms with Crippen LogP contribution in [0.4, 0.5) is 4.39 Å². The average molecular weight is 368 g/mol. The van der Waals surface area contributed by atoms with Crippen LogP contribution < -0.4 is 0 Å². The zero-order valence-electron chi connectivity index (χ0n) is 14.1. The van der Waals surface area contributed by atoms with Gasteiger partial charge in [-0.25, -0.2) is 12.8 Å². The van der Waals surface area contributed by atoms with Crippen molar-refractivity contribution in [3.8, 4) is 0 Å². The Morgan fingerprint density at radius 2 is 1.80 bits per heavy atom. The molecule has 9 heteroatoms. The Bertz CT molecular complexity index is 799. The lowest BCUT2D eigenvalue weighted by Crippen LogP contribution is -2.49. The number of aromatic nitrogens is 2. The maximum atomic E-state index is 12.9. The molecule has 1 aromatic heterocycles. The molecule has 0 bridgehead atoms. The maximum absolute atomic E-state index is 12.9. The topological polar surface area (TPSA) is 79.5 Å². The first kappa shape index (κ1) is 18.0. The summed E-state index contributed by atoms with van der Waals surface area (Å²) >= 11 is 0. The number of hydrogen-bond donors (Lipinski definition) is 0. The maximum Gasteiger partial charge on any atom is 0.218 e. The third-order valence-corrected chi connectivity index (χ3v) is 6.05. The zero-order chi connectivity index (χ0) is 17.9. The summed E-state index contributed by atoms with van der Waals surface area (Å²) in [6.07, 6.45) is 0.656. The van der Waals surface area contributed by atoms with E-state index >= 15 is 0 Å². The molecule has 0 N–H and O–H groups in total. The summed E-state index contributed by atoms with van der Waals surface area (Å²) in [6, 6.07) is 5.58. The van der Waals surface area contributed by atoms with Crippen LogP contribution in [0.25, 0.3) is 0 Å². The van der Waals surface area contributed by atoms with Gasteiger partial charge in [-0.2, -0.15) is 4.31 Å². The van der Waals surface area contributed by atoms with Crippen molar-refractivity contribution in [2.45, 2.75) is 19.1 Å². The third-order valence-electron chi connectivity index (χ3n) is 4.20. The van der Waals surface area contributed by atoms with E-state index in [1.165, 1.54) is 28.6 Å². The molecule has 2 aromatic rings. The lowest BCUT2D eigenvalue weighted by atomic mass is 10.2. The van der Waals surface area contributed by atoms with Gasteiger partial charge in [-0.1, -0.05) is 12.1 Å². The number of benzene rings is 1. The van der Waals surface area contributed by atoms with E-state index in [0.717, 1.165) is 6.54 Å². The molecule has 1 aliphatic rings. The molecule has 1 aliphatic heterocycles. The number of aryl methyl sites for hydroxylation is 1. The second kappa shape index (κ2) is 7.59. The summed E-state index contributed by atoms with van der Waals surface area (Å²) in [5, 5.41) is 7.75. The highest BCUT2D eigenvalue weighted by Gasteiger charge is 2.27. The number of hydrogen-bond acceptors (Lipinski definition) is 6. The van der Waals surface area contributed by atoms with Crippen molar-refractivity contribution in [2.24, 2.45) is 0 Å². The van der Waals surface area contributed by atoms with Crippen molar-refractivity contribution in [3.05, 3.63) is 47.4 Å². The molecule has 0 spiro atoms. The Labute approximate surface area is 146 Å². The van der Waals surface area contributed by atoms with Crippen LogP contribution in [-0.2, 0) is 22.2 Å². The van der Waals surface area contributed by atoms with Crippen molar-refractivity contribution in [1.29, 1.82) is 0 Å². The van der Waals surface area contributed by atoms with Crippen LogP contribution in [0, 0.1) is 12.7 Å². The smallest absolute Gasteiger partial charge is 0.218 e. The number of halogens is 1. The number of sulfonamides is 1. The Balaban J connectivity index is 1.49. The highest BCUT2D eigenvalue weighted by molar-refractivity contribution is 7.88. The standard InChI is InChI=1S/C16H21FN4O3S/c1-13-18-19-16(24-13)6-7-20-8-10-21(11-9-20)25(22,23)12-14-2-4-15(17)5-3-14/h2-5H,6-12H2,1H3. The molecule has 0 radical (unpaired) electrons. The monoisotopic (exact) mass is 368 g/mol. The summed E-state index contributed by atoms with van der Waals surface area (Å²) in [7, 11) is -3.39. The van der Waals surface area contributed by atoms with Gasteiger partial charge in [0.1, 0.15) is 5.82 Å². The molecule has 0 atom stereocenters. The Kier molecular flexibility index (Phi) is 5.45. The first-order chi connectivity index (χ1) is 11.9. The molecule has 0 unspecified atom stereocenters. The molecule has 1 aromatic carbocycles. The van der Waals surface area contributed by atoms with Crippen molar-refractivity contribution < 1.29 is 17.2 Å². The van der Waals surface area contributed by atoms with Gasteiger partial charge in [-0.3, -0.25) is 0 Å². The van der Waals surface area contributed by atoms with Gasteiger partial charge < -0.3 is 9.32 Å². The summed E-state index contributed by atoms with van der Waals surface area (Å²) < 4.78 is 44.8. The van der Waals surface area contributed by atoms with Crippen LogP contribution in [0.5, 0.6) is 0 Å². The zero-order valence-corrected chi connectivity index (χ0v) is 14.9. The average Bonchev–Trinajstić information content (AvgIpc) is 3.01. The molecule has 3 rings (SSSR count). The lowest BCUT2D eigenvalue weighted by Gasteiger charge is -2.33. The molecule has 7 nitrogen and oxygen atoms in total. The molecule has 136 valence electrons. The van der Waals surface area contributed by atoms with E-state index in [9.17, 15) is 12.8 Å². The van der Waals surface area contributed by atoms with E-state index in [-0.39, 0.29) is 11.6 Å². The third kappa shape index (κ3) is 4.83. The molecule has 2 heterocycles. The van der Waals surface area contributed by atoms with E-state index in [4.69, 9.17) is 4.42 Å². The van der Waals surface area contributed by atoms with Gasteiger partial charge in [-0.15, -0.1) is 10.2 Å². The molecule has 0 saturated carbocycles. The number of piperazine rings is 1. The normalized spacial score (nSPS) is 17.0. The minimum atomic E-state index is -3.39. The van der Waals surface area contributed by atoms with E-state index in [0.29, 0.717) is 49.9 Å². The minimum absolute atomic E-state index is 0.103. The largest absolute Gasteiger partial charge is 0.426 e. The first-order valence-corrected chi connectivity index (χ1v) is 9.77. The second-order valence-corrected chi connectivity index (χ2v) is 8.06. The fourth-order valence-corrected chi connectivity index (χ4v) is 4.32. The van der Waals surface area contributed by atoms with Gasteiger partial charge in [0.2, 0.25) is 21.8 Å². The van der Waals surface area contributed by atoms with Gasteiger partial charge in [0.05, 0.1) is 5.75 Å². The van der Waals surface area contributed by atoms with Crippen molar-refractivity contribution >= 4 is 10.0 Å². The highest BCUT2D eigenvalue weighted by atomic mass is 32.2. The van der Waals surface area contributed by atoms with E-state index in [1.807, 2.05) is 0 Å². The molecule has 0 amide bonds. The molecular formula is C16H21FN4O3S. The predicted octanol–water partition coefficient (Wildman–Crippen LogP) is 1.21. The van der Waals surface area contributed by atoms with Crippen LogP contribution in [0.1, 0.15) is 17.3 Å². The van der Waals surface area contributed by atoms with Crippen LogP contribution in [-0.4, -0.2) is 60.5 Å². The van der Waals surface area contributed by atoms with Crippen LogP contribution in [0.2, 0.25) is 0 Å². The molecule has 1 fully saturated rings. The number of nitrogens with zero attached hydrogens (tertiary/aromatic N) is 4. The van der Waals surface area contributed by atoms with Crippen LogP contribution >= 0.6 is 0 Å². The van der Waals surface area contributed by atoms with Gasteiger partial charge in [0.25, 0.3) is 0 Å². The van der Waals surface area contributed by atoms with Gasteiger partial charge in [-0.05, 0) is 17.7 Å². The van der Waals surface area contributed by atoms with Crippen molar-refractivity contribution in [1.82, 2.24) is 19.4 Å². The Morgan fingerprint density at radius 3 is 2.40 bits per heavy atom. The molecule has 0 aliphatic carbocycles. The fourth-order valence-electron chi connectivity index (χ4n) is 2.81. The summed E-state index contributed by atoms with van der Waals surface area (Å²) in [6.45, 7) is 4.74. The van der Waals surface area contributed by atoms with Gasteiger partial charge in [0.15, 0.2) is 0 Å². The van der Waals surface area contributed by atoms with Crippen molar-refractivity contribution in [2.75, 3.05) is 32.7 Å². The van der Waals surface area contributed by atoms with Gasteiger partial charge >= 0.3 is 0 Å². The summed E-state index contributed by atoms with van der Waals surface area (Å²) in [5.41, 5.74) is 0.593. The van der Waals surface area contributed by atoms with Crippen LogP contribution in [0.3, 0.4) is 0 Å². The second-order valence-electron chi connectivity index (χ2n) is 6.09. The summed E-state index contributed by atoms with van der Waals surface area (Å²) in [4.78, 5) is 2.18. The fraction of sp³-hybridized carbons (Fsp3) is 0.500. The van der Waals surface area contributed by atoms with Crippen LogP contribution in [0.15, 0.2) is 28.7 Å². The molecular weight excluding hydrogens is 347 g/mol. The quantitative estimate of drug-likeness (QED) is 0.762. The first-order valence-electron chi connectivity index (χ1n) is 8.16. The lowest BCUT2D eigenvalue weighted by molar-refractivity contribution is 0.186. The highest BCUT2D eigenvalue weighted by Crippen LogP contribution is 2.14. The van der Waals surface area contributed by atoms with Crippen molar-refractivity contribution in [3.63, 3.8) is 0 Å². The summed E-state index contributed by atoms with van der Waals surface area (Å²) in [5.74, 6) is 0.677. The minimum Gasteiger partial charge on any atom is -0.426 e. The van der Waals surface area contributed by atoms with Gasteiger partial charge in [0, 0.05) is 46.1 Å². The molecule has 1 saturated heterocycles. The Hall–Kier alpha value is -1.84. The predicted molar refractivity (Wildman–Crippen MR) is 89.8 cm³/mol. The van der Waals surface area contributed by atoms with E-state index in [2.05, 4.69) is 15.1 Å². The SMILES string of the molecule is Cc1nnc(CCN2CCN(S(=O)(=O)Cc3ccc(F)cc3)CC2)o1. The Morgan fingerprint density at radius 1 is 1.12 bits per heavy atom. The molecule has 25 heavy (non-hydrogen) atoms. The van der Waals surface area contributed by atoms with E-state index in [1.54, 1.807) is 6.92 Å².